The average Bonchev–Trinajstić information content (AvgIpc) is 2.72. The molecule has 0 saturated heterocycles. The fourth-order valence-electron chi connectivity index (χ4n) is 1.52. The molecule has 0 atom stereocenters. The Morgan fingerprint density at radius 1 is 1.50 bits per heavy atom. The second-order valence-electron chi connectivity index (χ2n) is 4.14. The minimum absolute atomic E-state index is 0.101. The number of aromatic amines is 1. The highest BCUT2D eigenvalue weighted by Gasteiger charge is 2.09. The zero-order valence-electron chi connectivity index (χ0n) is 10.2. The molecule has 5 N–H and O–H groups in total. The van der Waals surface area contributed by atoms with Crippen LogP contribution in [0.15, 0.2) is 6.20 Å². The molecule has 0 unspecified atom stereocenters. The predicted octanol–water partition coefficient (Wildman–Crippen LogP) is -0.128. The summed E-state index contributed by atoms with van der Waals surface area (Å²) in [6.07, 6.45) is 1.58. The Morgan fingerprint density at radius 3 is 3.00 bits per heavy atom. The number of aromatic nitrogens is 4. The van der Waals surface area contributed by atoms with E-state index in [1.54, 1.807) is 6.20 Å². The van der Waals surface area contributed by atoms with Crippen LogP contribution in [-0.4, -0.2) is 38.7 Å². The molecule has 0 aliphatic rings. The molecule has 2 rings (SSSR count). The van der Waals surface area contributed by atoms with Crippen LogP contribution in [0, 0.1) is 0 Å². The maximum atomic E-state index is 11.5. The largest absolute Gasteiger partial charge is 0.368 e. The molecule has 0 fully saturated rings. The van der Waals surface area contributed by atoms with E-state index in [-0.39, 0.29) is 24.4 Å². The van der Waals surface area contributed by atoms with Gasteiger partial charge >= 0.3 is 0 Å². The predicted molar refractivity (Wildman–Crippen MR) is 67.9 cm³/mol. The summed E-state index contributed by atoms with van der Waals surface area (Å²) in [5.41, 5.74) is 6.10. The number of carbonyl (C=O) groups is 1. The van der Waals surface area contributed by atoms with E-state index in [1.165, 1.54) is 0 Å². The van der Waals surface area contributed by atoms with Gasteiger partial charge in [-0.2, -0.15) is 15.1 Å². The van der Waals surface area contributed by atoms with Gasteiger partial charge < -0.3 is 16.4 Å². The van der Waals surface area contributed by atoms with Crippen LogP contribution in [0.1, 0.15) is 13.8 Å². The maximum Gasteiger partial charge on any atom is 0.239 e. The summed E-state index contributed by atoms with van der Waals surface area (Å²) in [7, 11) is 0. The molecule has 0 aliphatic heterocycles. The second-order valence-corrected chi connectivity index (χ2v) is 4.14. The molecule has 2 aromatic rings. The molecule has 0 radical (unpaired) electrons. The average molecular weight is 249 g/mol. The Bertz CT molecular complexity index is 562. The topological polar surface area (TPSA) is 122 Å². The number of nitrogens with two attached hydrogens (primary N) is 1. The summed E-state index contributed by atoms with van der Waals surface area (Å²) in [4.78, 5) is 19.5. The number of anilines is 2. The van der Waals surface area contributed by atoms with Crippen molar-refractivity contribution in [2.24, 2.45) is 0 Å². The van der Waals surface area contributed by atoms with Crippen LogP contribution in [0.4, 0.5) is 11.8 Å². The van der Waals surface area contributed by atoms with Crippen molar-refractivity contribution in [1.82, 2.24) is 25.5 Å². The van der Waals surface area contributed by atoms with Gasteiger partial charge in [-0.05, 0) is 13.8 Å². The normalized spacial score (nSPS) is 10.8. The van der Waals surface area contributed by atoms with E-state index >= 15 is 0 Å². The van der Waals surface area contributed by atoms with Crippen molar-refractivity contribution in [3.8, 4) is 0 Å². The molecule has 8 heteroatoms. The molecule has 2 heterocycles. The first kappa shape index (κ1) is 12.1. The highest BCUT2D eigenvalue weighted by atomic mass is 16.1. The summed E-state index contributed by atoms with van der Waals surface area (Å²) in [5.74, 6) is 0.502. The summed E-state index contributed by atoms with van der Waals surface area (Å²) < 4.78 is 0. The number of hydrogen-bond donors (Lipinski definition) is 4. The van der Waals surface area contributed by atoms with Crippen molar-refractivity contribution in [3.05, 3.63) is 6.20 Å². The molecule has 2 aromatic heterocycles. The highest BCUT2D eigenvalue weighted by Crippen LogP contribution is 2.18. The first-order valence-electron chi connectivity index (χ1n) is 5.56. The molecular weight excluding hydrogens is 234 g/mol. The van der Waals surface area contributed by atoms with E-state index in [2.05, 4.69) is 30.8 Å². The first-order chi connectivity index (χ1) is 8.56. The smallest absolute Gasteiger partial charge is 0.239 e. The molecule has 8 nitrogen and oxygen atoms in total. The quantitative estimate of drug-likeness (QED) is 0.599. The zero-order chi connectivity index (χ0) is 13.1. The van der Waals surface area contributed by atoms with E-state index in [0.29, 0.717) is 16.9 Å². The Balaban J connectivity index is 2.11. The zero-order valence-corrected chi connectivity index (χ0v) is 10.2. The van der Waals surface area contributed by atoms with Crippen LogP contribution in [0.2, 0.25) is 0 Å². The number of nitrogen functional groups attached to an aromatic ring is 1. The Hall–Kier alpha value is -2.38. The Kier molecular flexibility index (Phi) is 3.26. The summed E-state index contributed by atoms with van der Waals surface area (Å²) in [6.45, 7) is 3.92. The van der Waals surface area contributed by atoms with Crippen molar-refractivity contribution in [3.63, 3.8) is 0 Å². The number of nitrogens with zero attached hydrogens (tertiary/aromatic N) is 3. The molecular formula is C10H15N7O. The Morgan fingerprint density at radius 2 is 2.28 bits per heavy atom. The SMILES string of the molecule is CC(C)NC(=O)CNc1nc(N)nc2[nH]ncc12. The molecule has 1 amide bonds. The molecule has 0 bridgehead atoms. The molecule has 0 aromatic carbocycles. The maximum absolute atomic E-state index is 11.5. The first-order valence-corrected chi connectivity index (χ1v) is 5.56. The second kappa shape index (κ2) is 4.86. The van der Waals surface area contributed by atoms with Gasteiger partial charge in [-0.3, -0.25) is 9.89 Å². The van der Waals surface area contributed by atoms with Gasteiger partial charge in [0.15, 0.2) is 5.65 Å². The van der Waals surface area contributed by atoms with Crippen LogP contribution in [0.3, 0.4) is 0 Å². The number of nitrogens with one attached hydrogen (secondary N) is 3. The van der Waals surface area contributed by atoms with Crippen molar-refractivity contribution in [2.75, 3.05) is 17.6 Å². The van der Waals surface area contributed by atoms with Gasteiger partial charge in [-0.15, -0.1) is 0 Å². The monoisotopic (exact) mass is 249 g/mol. The Labute approximate surface area is 103 Å². The van der Waals surface area contributed by atoms with Crippen LogP contribution in [0.25, 0.3) is 11.0 Å². The van der Waals surface area contributed by atoms with E-state index in [4.69, 9.17) is 5.73 Å². The van der Waals surface area contributed by atoms with Crippen LogP contribution < -0.4 is 16.4 Å². The van der Waals surface area contributed by atoms with Gasteiger partial charge in [0.25, 0.3) is 0 Å². The van der Waals surface area contributed by atoms with Crippen molar-refractivity contribution in [2.45, 2.75) is 19.9 Å². The van der Waals surface area contributed by atoms with Crippen LogP contribution in [0.5, 0.6) is 0 Å². The summed E-state index contributed by atoms with van der Waals surface area (Å²) in [5, 5.41) is 12.9. The third-order valence-electron chi connectivity index (χ3n) is 2.19. The lowest BCUT2D eigenvalue weighted by molar-refractivity contribution is -0.119. The minimum Gasteiger partial charge on any atom is -0.368 e. The van der Waals surface area contributed by atoms with Crippen molar-refractivity contribution >= 4 is 28.7 Å². The van der Waals surface area contributed by atoms with Crippen LogP contribution in [-0.2, 0) is 4.79 Å². The number of hydrogen-bond acceptors (Lipinski definition) is 6. The molecule has 0 saturated carbocycles. The van der Waals surface area contributed by atoms with Gasteiger partial charge in [-0.25, -0.2) is 0 Å². The third-order valence-corrected chi connectivity index (χ3v) is 2.19. The van der Waals surface area contributed by atoms with Crippen molar-refractivity contribution in [1.29, 1.82) is 0 Å². The van der Waals surface area contributed by atoms with E-state index < -0.39 is 0 Å². The van der Waals surface area contributed by atoms with E-state index in [0.717, 1.165) is 0 Å². The van der Waals surface area contributed by atoms with Gasteiger partial charge in [0.05, 0.1) is 18.1 Å². The number of carbonyl (C=O) groups excluding carboxylic acids is 1. The lowest BCUT2D eigenvalue weighted by Gasteiger charge is -2.10. The lowest BCUT2D eigenvalue weighted by atomic mass is 10.3. The number of amides is 1. The summed E-state index contributed by atoms with van der Waals surface area (Å²) >= 11 is 0. The number of H-pyrrole nitrogens is 1. The number of fused-ring (bicyclic) bond motifs is 1. The van der Waals surface area contributed by atoms with Gasteiger partial charge in [0, 0.05) is 6.04 Å². The van der Waals surface area contributed by atoms with Gasteiger partial charge in [0.2, 0.25) is 11.9 Å². The van der Waals surface area contributed by atoms with Gasteiger partial charge in [0.1, 0.15) is 5.82 Å². The fraction of sp³-hybridized carbons (Fsp3) is 0.400. The highest BCUT2D eigenvalue weighted by molar-refractivity contribution is 5.89. The standard InChI is InChI=1S/C10H15N7O/c1-5(2)14-7(18)4-12-8-6-3-13-17-9(6)16-10(11)15-8/h3,5H,4H2,1-2H3,(H,14,18)(H4,11,12,13,15,16,17). The van der Waals surface area contributed by atoms with E-state index in [1.807, 2.05) is 13.8 Å². The fourth-order valence-corrected chi connectivity index (χ4v) is 1.52. The summed E-state index contributed by atoms with van der Waals surface area (Å²) in [6, 6.07) is 0.101. The van der Waals surface area contributed by atoms with Crippen LogP contribution >= 0.6 is 0 Å². The van der Waals surface area contributed by atoms with E-state index in [9.17, 15) is 4.79 Å². The molecule has 0 aliphatic carbocycles. The molecule has 18 heavy (non-hydrogen) atoms. The van der Waals surface area contributed by atoms with Crippen molar-refractivity contribution < 1.29 is 4.79 Å². The van der Waals surface area contributed by atoms with Gasteiger partial charge in [-0.1, -0.05) is 0 Å². The lowest BCUT2D eigenvalue weighted by Crippen LogP contribution is -2.35. The molecule has 0 spiro atoms. The number of rotatable bonds is 4. The minimum atomic E-state index is -0.112. The molecule has 96 valence electrons. The third kappa shape index (κ3) is 2.65.